The monoisotopic (exact) mass is 822 g/mol. The Kier molecular flexibility index (Phi) is 18.7. The molecule has 4 rings (SSSR count). The predicted molar refractivity (Wildman–Crippen MR) is 216 cm³/mol. The molecule has 1 unspecified atom stereocenters. The van der Waals surface area contributed by atoms with Gasteiger partial charge >= 0.3 is 29.8 Å². The molecular weight excluding hydrogens is 746 g/mol. The molecule has 0 saturated heterocycles. The van der Waals surface area contributed by atoms with Crippen molar-refractivity contribution in [3.63, 3.8) is 0 Å². The minimum absolute atomic E-state index is 0.0209. The summed E-state index contributed by atoms with van der Waals surface area (Å²) in [6, 6.07) is 0. The molecular formula is C44H75N3O11. The van der Waals surface area contributed by atoms with Crippen molar-refractivity contribution < 1.29 is 52.8 Å². The van der Waals surface area contributed by atoms with Crippen LogP contribution in [0.5, 0.6) is 0 Å². The molecule has 0 spiro atoms. The molecule has 7 N–H and O–H groups in total. The van der Waals surface area contributed by atoms with Gasteiger partial charge in [-0.25, -0.2) is 0 Å². The van der Waals surface area contributed by atoms with Crippen LogP contribution in [0.15, 0.2) is 0 Å². The van der Waals surface area contributed by atoms with Crippen LogP contribution in [0.2, 0.25) is 0 Å². The Morgan fingerprint density at radius 3 is 1.93 bits per heavy atom. The lowest BCUT2D eigenvalue weighted by Crippen LogP contribution is -2.63. The first kappa shape index (κ1) is 47.9. The van der Waals surface area contributed by atoms with Gasteiger partial charge in [-0.05, 0) is 92.8 Å². The average Bonchev–Trinajstić information content (AvgIpc) is 3.54. The number of unbranched alkanes of at least 4 members (excludes halogenated alkanes) is 4. The number of aliphatic hydroxyl groups is 1. The van der Waals surface area contributed by atoms with Crippen molar-refractivity contribution in [3.8, 4) is 0 Å². The van der Waals surface area contributed by atoms with Crippen LogP contribution < -0.4 is 17.2 Å². The van der Waals surface area contributed by atoms with Crippen LogP contribution in [0.1, 0.15) is 143 Å². The zero-order valence-corrected chi connectivity index (χ0v) is 35.8. The van der Waals surface area contributed by atoms with Crippen LogP contribution in [0.25, 0.3) is 0 Å². The molecule has 4 aliphatic carbocycles. The van der Waals surface area contributed by atoms with Gasteiger partial charge in [0, 0.05) is 43.8 Å². The molecule has 14 nitrogen and oxygen atoms in total. The van der Waals surface area contributed by atoms with Crippen molar-refractivity contribution in [1.29, 1.82) is 0 Å². The summed E-state index contributed by atoms with van der Waals surface area (Å²) < 4.78 is 29.3. The SMILES string of the molecule is CCCCCCCC(=O)OCC(O)COC(=O)CC[C@@H](C)[C@H]1CC[C@H]2[C@@H]3[C@H](OC(=O)CCN)C[C@@H]4C[C@H](OC(=O)CCN)CC[C@]4(C)[C@H]3C[C@H](OC(=O)CCN)[C@]12C. The van der Waals surface area contributed by atoms with E-state index in [-0.39, 0.29) is 136 Å². The fraction of sp³-hybridized carbons (Fsp3) is 0.886. The third kappa shape index (κ3) is 12.2. The average molecular weight is 822 g/mol. The first-order chi connectivity index (χ1) is 27.7. The lowest BCUT2D eigenvalue weighted by Gasteiger charge is -2.64. The fourth-order valence-corrected chi connectivity index (χ4v) is 11.5. The lowest BCUT2D eigenvalue weighted by atomic mass is 9.43. The van der Waals surface area contributed by atoms with Crippen LogP contribution in [-0.2, 0) is 47.7 Å². The van der Waals surface area contributed by atoms with Crippen LogP contribution in [0.4, 0.5) is 0 Å². The number of ether oxygens (including phenoxy) is 5. The van der Waals surface area contributed by atoms with Gasteiger partial charge in [-0.1, -0.05) is 53.4 Å². The zero-order valence-electron chi connectivity index (χ0n) is 35.8. The second kappa shape index (κ2) is 22.7. The van der Waals surface area contributed by atoms with E-state index in [1.165, 1.54) is 0 Å². The number of carbonyl (C=O) groups is 5. The highest BCUT2D eigenvalue weighted by Crippen LogP contribution is 2.69. The minimum atomic E-state index is -1.11. The molecule has 0 aromatic rings. The predicted octanol–water partition coefficient (Wildman–Crippen LogP) is 4.87. The van der Waals surface area contributed by atoms with Gasteiger partial charge in [0.15, 0.2) is 0 Å². The van der Waals surface area contributed by atoms with Gasteiger partial charge in [-0.15, -0.1) is 0 Å². The number of hydrogen-bond acceptors (Lipinski definition) is 14. The van der Waals surface area contributed by atoms with E-state index in [9.17, 15) is 29.1 Å². The third-order valence-electron chi connectivity index (χ3n) is 14.5. The molecule has 0 radical (unpaired) electrons. The van der Waals surface area contributed by atoms with E-state index in [2.05, 4.69) is 27.7 Å². The van der Waals surface area contributed by atoms with Crippen molar-refractivity contribution in [2.75, 3.05) is 32.8 Å². The highest BCUT2D eigenvalue weighted by molar-refractivity contribution is 5.71. The van der Waals surface area contributed by atoms with Crippen LogP contribution in [-0.4, -0.2) is 92.2 Å². The first-order valence-corrected chi connectivity index (χ1v) is 22.4. The van der Waals surface area contributed by atoms with Crippen molar-refractivity contribution >= 4 is 29.8 Å². The summed E-state index contributed by atoms with van der Waals surface area (Å²) in [4.78, 5) is 63.9. The van der Waals surface area contributed by atoms with Gasteiger partial charge in [0.2, 0.25) is 0 Å². The standard InChI is InChI=1S/C44H75N3O11/c1-5-6-7-8-9-10-37(49)54-26-30(48)27-55-38(50)14-11-28(2)32-12-13-33-42-34(25-36(44(32,33)4)58-41(53)18-22-47)43(3)19-15-31(56-39(51)16-20-45)23-29(43)24-35(42)57-40(52)17-21-46/h28-36,42,48H,5-27,45-47H2,1-4H3/t28-,29+,30?,31-,32-,33+,34+,35-,36+,42+,43+,44-/m1/s1. The van der Waals surface area contributed by atoms with Gasteiger partial charge in [-0.2, -0.15) is 0 Å². The van der Waals surface area contributed by atoms with E-state index in [1.807, 2.05) is 0 Å². The summed E-state index contributed by atoms with van der Waals surface area (Å²) in [5.74, 6) is -1.31. The van der Waals surface area contributed by atoms with E-state index in [0.29, 0.717) is 32.1 Å². The van der Waals surface area contributed by atoms with Crippen LogP contribution in [0, 0.1) is 46.3 Å². The van der Waals surface area contributed by atoms with Gasteiger partial charge in [0.05, 0.1) is 19.3 Å². The number of hydrogen-bond donors (Lipinski definition) is 4. The maximum atomic E-state index is 13.3. The lowest BCUT2D eigenvalue weighted by molar-refractivity contribution is -0.225. The Morgan fingerprint density at radius 1 is 0.690 bits per heavy atom. The molecule has 4 aliphatic rings. The topological polar surface area (TPSA) is 230 Å². The van der Waals surface area contributed by atoms with E-state index in [4.69, 9.17) is 40.9 Å². The number of nitrogens with two attached hydrogens (primary N) is 3. The molecule has 0 aromatic heterocycles. The normalized spacial score (nSPS) is 32.4. The Bertz CT molecular complexity index is 1370. The third-order valence-corrected chi connectivity index (χ3v) is 14.5. The largest absolute Gasteiger partial charge is 0.463 e. The van der Waals surface area contributed by atoms with E-state index < -0.39 is 23.6 Å². The summed E-state index contributed by atoms with van der Waals surface area (Å²) in [5.41, 5.74) is 16.6. The Hall–Kier alpha value is -2.81. The molecule has 332 valence electrons. The maximum Gasteiger partial charge on any atom is 0.307 e. The van der Waals surface area contributed by atoms with Gasteiger partial charge in [0.25, 0.3) is 0 Å². The molecule has 58 heavy (non-hydrogen) atoms. The van der Waals surface area contributed by atoms with Crippen molar-refractivity contribution in [2.24, 2.45) is 63.5 Å². The number of aliphatic hydroxyl groups excluding tert-OH is 1. The molecule has 14 heteroatoms. The summed E-state index contributed by atoms with van der Waals surface area (Å²) in [6.07, 6.45) is 9.50. The second-order valence-corrected chi connectivity index (χ2v) is 18.2. The molecule has 0 amide bonds. The number of esters is 5. The molecule has 4 fully saturated rings. The molecule has 0 heterocycles. The quantitative estimate of drug-likeness (QED) is 0.0613. The maximum absolute atomic E-state index is 13.3. The highest BCUT2D eigenvalue weighted by Gasteiger charge is 2.67. The van der Waals surface area contributed by atoms with E-state index in [1.54, 1.807) is 0 Å². The number of fused-ring (bicyclic) bond motifs is 5. The molecule has 0 aromatic carbocycles. The van der Waals surface area contributed by atoms with Crippen LogP contribution >= 0.6 is 0 Å². The molecule has 0 bridgehead atoms. The molecule has 4 saturated carbocycles. The van der Waals surface area contributed by atoms with Crippen molar-refractivity contribution in [1.82, 2.24) is 0 Å². The Balaban J connectivity index is 1.46. The Labute approximate surface area is 346 Å². The summed E-state index contributed by atoms with van der Waals surface area (Å²) in [7, 11) is 0. The fourth-order valence-electron chi connectivity index (χ4n) is 11.5. The van der Waals surface area contributed by atoms with Gasteiger partial charge in [-0.3, -0.25) is 24.0 Å². The van der Waals surface area contributed by atoms with Crippen molar-refractivity contribution in [3.05, 3.63) is 0 Å². The summed E-state index contributed by atoms with van der Waals surface area (Å²) in [6.45, 7) is 8.93. The highest BCUT2D eigenvalue weighted by atomic mass is 16.6. The first-order valence-electron chi connectivity index (χ1n) is 22.4. The van der Waals surface area contributed by atoms with Gasteiger partial charge in [0.1, 0.15) is 37.6 Å². The number of rotatable bonds is 23. The Morgan fingerprint density at radius 2 is 1.29 bits per heavy atom. The van der Waals surface area contributed by atoms with Gasteiger partial charge < -0.3 is 46.0 Å². The van der Waals surface area contributed by atoms with E-state index >= 15 is 0 Å². The molecule has 0 aliphatic heterocycles. The zero-order chi connectivity index (χ0) is 42.5. The molecule has 12 atom stereocenters. The summed E-state index contributed by atoms with van der Waals surface area (Å²) in [5, 5.41) is 10.3. The number of carbonyl (C=O) groups excluding carboxylic acids is 5. The van der Waals surface area contributed by atoms with E-state index in [0.717, 1.165) is 57.8 Å². The van der Waals surface area contributed by atoms with Crippen molar-refractivity contribution in [2.45, 2.75) is 168 Å². The second-order valence-electron chi connectivity index (χ2n) is 18.2. The van der Waals surface area contributed by atoms with Crippen LogP contribution in [0.3, 0.4) is 0 Å². The summed E-state index contributed by atoms with van der Waals surface area (Å²) >= 11 is 0. The smallest absolute Gasteiger partial charge is 0.307 e. The minimum Gasteiger partial charge on any atom is -0.463 e.